The molecule has 0 bridgehead atoms. The lowest BCUT2D eigenvalue weighted by molar-refractivity contribution is -0.226. The molecule has 3 nitrogen and oxygen atoms in total. The normalized spacial score (nSPS) is 24.8. The molecule has 1 aliphatic rings. The van der Waals surface area contributed by atoms with Crippen LogP contribution >= 0.6 is 11.6 Å². The molecule has 1 unspecified atom stereocenters. The van der Waals surface area contributed by atoms with Gasteiger partial charge in [-0.2, -0.15) is 13.2 Å². The number of nitrogens with one attached hydrogen (secondary N) is 1. The third-order valence-corrected chi connectivity index (χ3v) is 2.94. The van der Waals surface area contributed by atoms with Crippen LogP contribution in [0.25, 0.3) is 0 Å². The molecule has 0 aliphatic carbocycles. The molecule has 1 aromatic carbocycles. The summed E-state index contributed by atoms with van der Waals surface area (Å²) in [6.45, 7) is -1.04. The molecule has 98 valence electrons. The van der Waals surface area contributed by atoms with Crippen LogP contribution in [-0.2, 0) is 15.1 Å². The Bertz CT molecular complexity index is 478. The molecule has 2 rings (SSSR count). The van der Waals surface area contributed by atoms with Crippen LogP contribution in [0.3, 0.4) is 0 Å². The van der Waals surface area contributed by atoms with Gasteiger partial charge in [0.2, 0.25) is 5.91 Å². The van der Waals surface area contributed by atoms with Crippen molar-refractivity contribution in [3.8, 4) is 0 Å². The van der Waals surface area contributed by atoms with Crippen LogP contribution in [-0.4, -0.2) is 25.3 Å². The monoisotopic (exact) mass is 279 g/mol. The second-order valence-corrected chi connectivity index (χ2v) is 4.39. The Balaban J connectivity index is 2.52. The van der Waals surface area contributed by atoms with Crippen LogP contribution in [0, 0.1) is 0 Å². The van der Waals surface area contributed by atoms with Gasteiger partial charge in [-0.3, -0.25) is 4.79 Å². The largest absolute Gasteiger partial charge is 0.418 e. The number of rotatable bonds is 1. The highest BCUT2D eigenvalue weighted by molar-refractivity contribution is 6.30. The Kier molecular flexibility index (Phi) is 3.25. The van der Waals surface area contributed by atoms with Crippen LogP contribution in [0.4, 0.5) is 13.2 Å². The quantitative estimate of drug-likeness (QED) is 0.856. The molecule has 0 spiro atoms. The van der Waals surface area contributed by atoms with E-state index in [-0.39, 0.29) is 17.2 Å². The maximum atomic E-state index is 13.2. The van der Waals surface area contributed by atoms with Crippen molar-refractivity contribution in [1.82, 2.24) is 5.32 Å². The van der Waals surface area contributed by atoms with Crippen LogP contribution in [0.2, 0.25) is 5.02 Å². The molecular weight excluding hydrogens is 271 g/mol. The Morgan fingerprint density at radius 1 is 1.39 bits per heavy atom. The van der Waals surface area contributed by atoms with Crippen molar-refractivity contribution in [1.29, 1.82) is 0 Å². The summed E-state index contributed by atoms with van der Waals surface area (Å²) in [4.78, 5) is 11.2. The Hall–Kier alpha value is -1.27. The summed E-state index contributed by atoms with van der Waals surface area (Å²) in [6, 6.07) is 5.28. The molecule has 0 aromatic heterocycles. The van der Waals surface area contributed by atoms with Gasteiger partial charge >= 0.3 is 6.18 Å². The topological polar surface area (TPSA) is 38.3 Å². The van der Waals surface area contributed by atoms with Gasteiger partial charge in [0.25, 0.3) is 0 Å². The predicted octanol–water partition coefficient (Wildman–Crippen LogP) is 2.24. The second kappa shape index (κ2) is 4.44. The highest BCUT2D eigenvalue weighted by Crippen LogP contribution is 2.41. The number of carbonyl (C=O) groups is 1. The lowest BCUT2D eigenvalue weighted by Crippen LogP contribution is -2.62. The molecule has 7 heteroatoms. The van der Waals surface area contributed by atoms with Gasteiger partial charge in [-0.15, -0.1) is 0 Å². The number of alkyl halides is 3. The molecular formula is C11H9ClF3NO2. The van der Waals surface area contributed by atoms with Crippen LogP contribution in [0.5, 0.6) is 0 Å². The smallest absolute Gasteiger partial charge is 0.368 e. The fraction of sp³-hybridized carbons (Fsp3) is 0.364. The zero-order chi connectivity index (χ0) is 13.4. The zero-order valence-corrected chi connectivity index (χ0v) is 9.81. The highest BCUT2D eigenvalue weighted by Gasteiger charge is 2.58. The van der Waals surface area contributed by atoms with E-state index in [4.69, 9.17) is 16.3 Å². The summed E-state index contributed by atoms with van der Waals surface area (Å²) >= 11 is 5.69. The zero-order valence-electron chi connectivity index (χ0n) is 9.05. The minimum Gasteiger partial charge on any atom is -0.368 e. The van der Waals surface area contributed by atoms with Gasteiger partial charge in [-0.05, 0) is 17.7 Å². The number of ether oxygens (including phenoxy) is 1. The van der Waals surface area contributed by atoms with Crippen molar-refractivity contribution in [2.45, 2.75) is 11.7 Å². The summed E-state index contributed by atoms with van der Waals surface area (Å²) in [5, 5.41) is 2.13. The third kappa shape index (κ3) is 2.18. The maximum absolute atomic E-state index is 13.2. The summed E-state index contributed by atoms with van der Waals surface area (Å²) in [5.41, 5.74) is -2.68. The first-order chi connectivity index (χ1) is 8.35. The van der Waals surface area contributed by atoms with E-state index in [1.807, 2.05) is 5.32 Å². The van der Waals surface area contributed by atoms with Crippen LogP contribution < -0.4 is 5.32 Å². The maximum Gasteiger partial charge on any atom is 0.418 e. The van der Waals surface area contributed by atoms with Crippen molar-refractivity contribution < 1.29 is 22.7 Å². The molecule has 0 saturated carbocycles. The van der Waals surface area contributed by atoms with Gasteiger partial charge in [0.15, 0.2) is 5.54 Å². The Morgan fingerprint density at radius 3 is 2.67 bits per heavy atom. The van der Waals surface area contributed by atoms with Gasteiger partial charge in [-0.25, -0.2) is 0 Å². The van der Waals surface area contributed by atoms with Crippen molar-refractivity contribution in [3.63, 3.8) is 0 Å². The number of halogens is 4. The average Bonchev–Trinajstić information content (AvgIpc) is 2.27. The van der Waals surface area contributed by atoms with Gasteiger partial charge in [0.05, 0.1) is 6.61 Å². The average molecular weight is 280 g/mol. The number of hydrogen-bond donors (Lipinski definition) is 1. The molecule has 1 heterocycles. The Labute approximate surface area is 106 Å². The predicted molar refractivity (Wildman–Crippen MR) is 58.1 cm³/mol. The van der Waals surface area contributed by atoms with Crippen molar-refractivity contribution in [2.24, 2.45) is 0 Å². The van der Waals surface area contributed by atoms with Crippen LogP contribution in [0.1, 0.15) is 5.56 Å². The van der Waals surface area contributed by atoms with Crippen molar-refractivity contribution >= 4 is 17.5 Å². The van der Waals surface area contributed by atoms with Crippen molar-refractivity contribution in [2.75, 3.05) is 13.2 Å². The first-order valence-electron chi connectivity index (χ1n) is 5.07. The molecule has 1 fully saturated rings. The minimum atomic E-state index is -4.67. The fourth-order valence-electron chi connectivity index (χ4n) is 1.83. The summed E-state index contributed by atoms with van der Waals surface area (Å²) < 4.78 is 44.5. The molecule has 1 atom stereocenters. The first-order valence-corrected chi connectivity index (χ1v) is 5.44. The van der Waals surface area contributed by atoms with Gasteiger partial charge < -0.3 is 10.1 Å². The van der Waals surface area contributed by atoms with E-state index in [9.17, 15) is 18.0 Å². The molecule has 1 saturated heterocycles. The summed E-state index contributed by atoms with van der Waals surface area (Å²) in [5.74, 6) is -0.807. The SMILES string of the molecule is O=C1COCC(c2cccc(Cl)c2)(C(F)(F)F)N1. The fourth-order valence-corrected chi connectivity index (χ4v) is 2.02. The summed E-state index contributed by atoms with van der Waals surface area (Å²) in [6.07, 6.45) is -4.67. The number of benzene rings is 1. The van der Waals surface area contributed by atoms with E-state index in [1.54, 1.807) is 0 Å². The molecule has 18 heavy (non-hydrogen) atoms. The van der Waals surface area contributed by atoms with Crippen LogP contribution in [0.15, 0.2) is 24.3 Å². The van der Waals surface area contributed by atoms with E-state index >= 15 is 0 Å². The standard InChI is InChI=1S/C11H9ClF3NO2/c12-8-3-1-2-7(4-8)10(11(13,14)15)6-18-5-9(17)16-10/h1-4H,5-6H2,(H,16,17). The lowest BCUT2D eigenvalue weighted by atomic mass is 9.89. The molecule has 0 radical (unpaired) electrons. The molecule has 1 aromatic rings. The van der Waals surface area contributed by atoms with E-state index < -0.39 is 24.2 Å². The summed E-state index contributed by atoms with van der Waals surface area (Å²) in [7, 11) is 0. The van der Waals surface area contributed by atoms with Gasteiger partial charge in [0.1, 0.15) is 6.61 Å². The van der Waals surface area contributed by atoms with Gasteiger partial charge in [0, 0.05) is 5.02 Å². The van der Waals surface area contributed by atoms with Gasteiger partial charge in [-0.1, -0.05) is 23.7 Å². The van der Waals surface area contributed by atoms with Crippen molar-refractivity contribution in [3.05, 3.63) is 34.9 Å². The molecule has 1 N–H and O–H groups in total. The van der Waals surface area contributed by atoms with E-state index in [0.717, 1.165) is 0 Å². The van der Waals surface area contributed by atoms with E-state index in [0.29, 0.717) is 0 Å². The second-order valence-electron chi connectivity index (χ2n) is 3.95. The number of hydrogen-bond acceptors (Lipinski definition) is 2. The number of morpholine rings is 1. The van der Waals surface area contributed by atoms with E-state index in [1.165, 1.54) is 24.3 Å². The number of carbonyl (C=O) groups excluding carboxylic acids is 1. The molecule has 1 amide bonds. The minimum absolute atomic E-state index is 0.143. The van der Waals surface area contributed by atoms with E-state index in [2.05, 4.69) is 0 Å². The highest BCUT2D eigenvalue weighted by atomic mass is 35.5. The Morgan fingerprint density at radius 2 is 2.11 bits per heavy atom. The first kappa shape index (κ1) is 13.2. The third-order valence-electron chi connectivity index (χ3n) is 2.71. The lowest BCUT2D eigenvalue weighted by Gasteiger charge is -2.39. The number of amides is 1. The molecule has 1 aliphatic heterocycles.